The van der Waals surface area contributed by atoms with Crippen molar-refractivity contribution in [3.8, 4) is 0 Å². The molecule has 1 heterocycles. The standard InChI is InChI=1S/C12H17NO3/c1-9-10(4-7-16-9)11(15)13-12(8-14)5-2-3-6-12/h4,7,14H,2-3,5-6,8H2,1H3,(H,13,15). The molecule has 4 nitrogen and oxygen atoms in total. The molecule has 0 radical (unpaired) electrons. The number of carbonyl (C=O) groups excluding carboxylic acids is 1. The quantitative estimate of drug-likeness (QED) is 0.818. The molecule has 0 unspecified atom stereocenters. The number of aryl methyl sites for hydroxylation is 1. The second kappa shape index (κ2) is 4.29. The normalized spacial score (nSPS) is 18.6. The van der Waals surface area contributed by atoms with Crippen LogP contribution in [0.1, 0.15) is 41.8 Å². The Morgan fingerprint density at radius 1 is 1.56 bits per heavy atom. The molecule has 0 atom stereocenters. The third-order valence-corrected chi connectivity index (χ3v) is 3.35. The first-order chi connectivity index (χ1) is 7.67. The topological polar surface area (TPSA) is 62.5 Å². The van der Waals surface area contributed by atoms with E-state index in [1.165, 1.54) is 6.26 Å². The van der Waals surface area contributed by atoms with Gasteiger partial charge in [0.2, 0.25) is 0 Å². The SMILES string of the molecule is Cc1occc1C(=O)NC1(CO)CCCC1. The smallest absolute Gasteiger partial charge is 0.255 e. The molecule has 0 bridgehead atoms. The van der Waals surface area contributed by atoms with E-state index < -0.39 is 5.54 Å². The Morgan fingerprint density at radius 3 is 2.75 bits per heavy atom. The van der Waals surface area contributed by atoms with E-state index in [0.717, 1.165) is 25.7 Å². The van der Waals surface area contributed by atoms with Gasteiger partial charge in [0.05, 0.1) is 24.0 Å². The Kier molecular flexibility index (Phi) is 3.01. The highest BCUT2D eigenvalue weighted by atomic mass is 16.3. The van der Waals surface area contributed by atoms with E-state index in [4.69, 9.17) is 4.42 Å². The van der Waals surface area contributed by atoms with E-state index in [-0.39, 0.29) is 12.5 Å². The molecule has 1 aliphatic rings. The fourth-order valence-corrected chi connectivity index (χ4v) is 2.30. The maximum Gasteiger partial charge on any atom is 0.255 e. The zero-order chi connectivity index (χ0) is 11.6. The zero-order valence-corrected chi connectivity index (χ0v) is 9.45. The van der Waals surface area contributed by atoms with Crippen molar-refractivity contribution in [1.29, 1.82) is 0 Å². The molecule has 2 rings (SSSR count). The summed E-state index contributed by atoms with van der Waals surface area (Å²) in [5, 5.41) is 12.3. The zero-order valence-electron chi connectivity index (χ0n) is 9.45. The fraction of sp³-hybridized carbons (Fsp3) is 0.583. The largest absolute Gasteiger partial charge is 0.469 e. The van der Waals surface area contributed by atoms with Gasteiger partial charge in [-0.2, -0.15) is 0 Å². The Balaban J connectivity index is 2.09. The number of aliphatic hydroxyl groups excluding tert-OH is 1. The van der Waals surface area contributed by atoms with Crippen molar-refractivity contribution in [3.05, 3.63) is 23.7 Å². The number of nitrogens with one attached hydrogen (secondary N) is 1. The van der Waals surface area contributed by atoms with E-state index in [2.05, 4.69) is 5.32 Å². The average Bonchev–Trinajstić information content (AvgIpc) is 2.87. The monoisotopic (exact) mass is 223 g/mol. The van der Waals surface area contributed by atoms with E-state index in [1.54, 1.807) is 13.0 Å². The van der Waals surface area contributed by atoms with Gasteiger partial charge in [-0.15, -0.1) is 0 Å². The lowest BCUT2D eigenvalue weighted by Gasteiger charge is -2.27. The average molecular weight is 223 g/mol. The molecule has 0 aliphatic heterocycles. The minimum Gasteiger partial charge on any atom is -0.469 e. The molecule has 2 N–H and O–H groups in total. The molecule has 88 valence electrons. The molecule has 1 fully saturated rings. The van der Waals surface area contributed by atoms with E-state index in [0.29, 0.717) is 11.3 Å². The van der Waals surface area contributed by atoms with Crippen LogP contribution in [0.25, 0.3) is 0 Å². The lowest BCUT2D eigenvalue weighted by Crippen LogP contribution is -2.49. The van der Waals surface area contributed by atoms with Gasteiger partial charge in [0.25, 0.3) is 5.91 Å². The molecule has 16 heavy (non-hydrogen) atoms. The van der Waals surface area contributed by atoms with Crippen molar-refractivity contribution >= 4 is 5.91 Å². The van der Waals surface area contributed by atoms with E-state index in [1.807, 2.05) is 0 Å². The summed E-state index contributed by atoms with van der Waals surface area (Å²) in [4.78, 5) is 12.0. The Labute approximate surface area is 94.6 Å². The summed E-state index contributed by atoms with van der Waals surface area (Å²) >= 11 is 0. The summed E-state index contributed by atoms with van der Waals surface area (Å²) in [6.07, 6.45) is 5.33. The summed E-state index contributed by atoms with van der Waals surface area (Å²) in [5.74, 6) is 0.464. The van der Waals surface area contributed by atoms with Crippen LogP contribution in [-0.4, -0.2) is 23.2 Å². The summed E-state index contributed by atoms with van der Waals surface area (Å²) in [7, 11) is 0. The molecule has 1 saturated carbocycles. The van der Waals surface area contributed by atoms with Crippen molar-refractivity contribution in [1.82, 2.24) is 5.32 Å². The number of amides is 1. The third kappa shape index (κ3) is 1.97. The predicted molar refractivity (Wildman–Crippen MR) is 59.2 cm³/mol. The minimum absolute atomic E-state index is 0.00956. The third-order valence-electron chi connectivity index (χ3n) is 3.35. The van der Waals surface area contributed by atoms with Crippen LogP contribution in [0.15, 0.2) is 16.7 Å². The summed E-state index contributed by atoms with van der Waals surface area (Å²) in [5.41, 5.74) is 0.139. The molecule has 4 heteroatoms. The number of hydrogen-bond donors (Lipinski definition) is 2. The number of aliphatic hydroxyl groups is 1. The number of hydrogen-bond acceptors (Lipinski definition) is 3. The van der Waals surface area contributed by atoms with Gasteiger partial charge in [0.15, 0.2) is 0 Å². The highest BCUT2D eigenvalue weighted by Crippen LogP contribution is 2.29. The molecule has 1 amide bonds. The van der Waals surface area contributed by atoms with Gasteiger partial charge in [-0.25, -0.2) is 0 Å². The molecule has 0 spiro atoms. The van der Waals surface area contributed by atoms with Crippen LogP contribution < -0.4 is 5.32 Å². The molecule has 1 aromatic rings. The molecular weight excluding hydrogens is 206 g/mol. The van der Waals surface area contributed by atoms with Gasteiger partial charge >= 0.3 is 0 Å². The first kappa shape index (κ1) is 11.2. The predicted octanol–water partition coefficient (Wildman–Crippen LogP) is 1.62. The molecule has 1 aromatic heterocycles. The first-order valence-corrected chi connectivity index (χ1v) is 5.64. The number of rotatable bonds is 3. The van der Waals surface area contributed by atoms with Crippen molar-refractivity contribution in [2.75, 3.05) is 6.61 Å². The van der Waals surface area contributed by atoms with Crippen LogP contribution in [-0.2, 0) is 0 Å². The second-order valence-electron chi connectivity index (χ2n) is 4.49. The van der Waals surface area contributed by atoms with Crippen molar-refractivity contribution in [3.63, 3.8) is 0 Å². The van der Waals surface area contributed by atoms with Crippen LogP contribution in [0.2, 0.25) is 0 Å². The highest BCUT2D eigenvalue weighted by molar-refractivity contribution is 5.95. The number of carbonyl (C=O) groups is 1. The van der Waals surface area contributed by atoms with Crippen LogP contribution in [0, 0.1) is 6.92 Å². The fourth-order valence-electron chi connectivity index (χ4n) is 2.30. The van der Waals surface area contributed by atoms with Crippen LogP contribution >= 0.6 is 0 Å². The number of furan rings is 1. The summed E-state index contributed by atoms with van der Waals surface area (Å²) in [6, 6.07) is 1.66. The highest BCUT2D eigenvalue weighted by Gasteiger charge is 2.35. The van der Waals surface area contributed by atoms with E-state index in [9.17, 15) is 9.90 Å². The van der Waals surface area contributed by atoms with E-state index >= 15 is 0 Å². The Hall–Kier alpha value is -1.29. The van der Waals surface area contributed by atoms with Crippen LogP contribution in [0.5, 0.6) is 0 Å². The summed E-state index contributed by atoms with van der Waals surface area (Å²) in [6.45, 7) is 1.77. The lowest BCUT2D eigenvalue weighted by atomic mass is 9.98. The van der Waals surface area contributed by atoms with Gasteiger partial charge in [-0.3, -0.25) is 4.79 Å². The van der Waals surface area contributed by atoms with Crippen LogP contribution in [0.4, 0.5) is 0 Å². The van der Waals surface area contributed by atoms with Gasteiger partial charge < -0.3 is 14.8 Å². The molecular formula is C12H17NO3. The van der Waals surface area contributed by atoms with Gasteiger partial charge in [-0.05, 0) is 25.8 Å². The van der Waals surface area contributed by atoms with Gasteiger partial charge in [0, 0.05) is 0 Å². The Bertz CT molecular complexity index is 377. The second-order valence-corrected chi connectivity index (χ2v) is 4.49. The first-order valence-electron chi connectivity index (χ1n) is 5.64. The minimum atomic E-state index is -0.416. The lowest BCUT2D eigenvalue weighted by molar-refractivity contribution is 0.0837. The maximum atomic E-state index is 12.0. The van der Waals surface area contributed by atoms with Crippen molar-refractivity contribution in [2.24, 2.45) is 0 Å². The van der Waals surface area contributed by atoms with Crippen LogP contribution in [0.3, 0.4) is 0 Å². The summed E-state index contributed by atoms with van der Waals surface area (Å²) < 4.78 is 5.09. The van der Waals surface area contributed by atoms with Gasteiger partial charge in [-0.1, -0.05) is 12.8 Å². The van der Waals surface area contributed by atoms with Gasteiger partial charge in [0.1, 0.15) is 5.76 Å². The molecule has 0 saturated heterocycles. The van der Waals surface area contributed by atoms with Crippen molar-refractivity contribution in [2.45, 2.75) is 38.1 Å². The molecule has 1 aliphatic carbocycles. The van der Waals surface area contributed by atoms with Crippen molar-refractivity contribution < 1.29 is 14.3 Å². The molecule has 0 aromatic carbocycles. The maximum absolute atomic E-state index is 12.0. The Morgan fingerprint density at radius 2 is 2.25 bits per heavy atom.